The first kappa shape index (κ1) is 19.7. The molecule has 1 unspecified atom stereocenters. The summed E-state index contributed by atoms with van der Waals surface area (Å²) in [6, 6.07) is 0.466. The number of hydrogen-bond donors (Lipinski definition) is 1. The second-order valence-corrected chi connectivity index (χ2v) is 8.46. The lowest BCUT2D eigenvalue weighted by molar-refractivity contribution is 0.0656. The van der Waals surface area contributed by atoms with Crippen molar-refractivity contribution in [3.05, 3.63) is 17.0 Å². The predicted molar refractivity (Wildman–Crippen MR) is 108 cm³/mol. The zero-order valence-electron chi connectivity index (χ0n) is 16.5. The molecule has 0 spiro atoms. The Kier molecular flexibility index (Phi) is 7.00. The minimum Gasteiger partial charge on any atom is -0.335 e. The minimum atomic E-state index is 0.133. The first-order valence-corrected chi connectivity index (χ1v) is 11.3. The van der Waals surface area contributed by atoms with Crippen molar-refractivity contribution < 1.29 is 4.79 Å². The largest absolute Gasteiger partial charge is 0.335 e. The molecular weight excluding hydrogens is 346 g/mol. The molecular formula is C19H33N5OS. The third-order valence-electron chi connectivity index (χ3n) is 5.51. The van der Waals surface area contributed by atoms with E-state index in [4.69, 9.17) is 5.10 Å². The minimum absolute atomic E-state index is 0.133. The Morgan fingerprint density at radius 3 is 2.77 bits per heavy atom. The number of carbonyl (C=O) groups is 1. The number of thioether (sulfide) groups is 1. The summed E-state index contributed by atoms with van der Waals surface area (Å²) in [5.74, 6) is 1.26. The number of aromatic nitrogens is 2. The fourth-order valence-electron chi connectivity index (χ4n) is 3.95. The summed E-state index contributed by atoms with van der Waals surface area (Å²) in [6.45, 7) is 7.62. The first-order valence-electron chi connectivity index (χ1n) is 9.92. The van der Waals surface area contributed by atoms with Crippen LogP contribution < -0.4 is 5.32 Å². The molecule has 1 saturated heterocycles. The van der Waals surface area contributed by atoms with Crippen LogP contribution in [0.1, 0.15) is 41.5 Å². The maximum atomic E-state index is 13.2. The number of fused-ring (bicyclic) bond motifs is 1. The molecule has 1 aromatic rings. The lowest BCUT2D eigenvalue weighted by atomic mass is 9.91. The SMILES string of the molecule is CCCn1nc(C(=O)N2CCN(C)CC2)c2c1CCC(NCCSC)C2. The highest BCUT2D eigenvalue weighted by Crippen LogP contribution is 2.26. The van der Waals surface area contributed by atoms with Crippen LogP contribution in [0.3, 0.4) is 0 Å². The highest BCUT2D eigenvalue weighted by Gasteiger charge is 2.31. The highest BCUT2D eigenvalue weighted by molar-refractivity contribution is 7.98. The van der Waals surface area contributed by atoms with Crippen LogP contribution in [0.2, 0.25) is 0 Å². The van der Waals surface area contributed by atoms with Crippen molar-refractivity contribution in [2.24, 2.45) is 0 Å². The molecule has 1 aromatic heterocycles. The normalized spacial score (nSPS) is 21.0. The van der Waals surface area contributed by atoms with Crippen LogP contribution in [-0.2, 0) is 19.4 Å². The number of likely N-dealkylation sites (N-methyl/N-ethyl adjacent to an activating group) is 1. The number of rotatable bonds is 7. The zero-order chi connectivity index (χ0) is 18.5. The van der Waals surface area contributed by atoms with Crippen LogP contribution in [0, 0.1) is 0 Å². The summed E-state index contributed by atoms with van der Waals surface area (Å²) in [5.41, 5.74) is 3.22. The smallest absolute Gasteiger partial charge is 0.274 e. The average Bonchev–Trinajstić information content (AvgIpc) is 3.00. The number of aryl methyl sites for hydroxylation is 1. The molecule has 26 heavy (non-hydrogen) atoms. The molecule has 0 aromatic carbocycles. The molecule has 6 nitrogen and oxygen atoms in total. The summed E-state index contributed by atoms with van der Waals surface area (Å²) < 4.78 is 2.11. The van der Waals surface area contributed by atoms with Gasteiger partial charge in [0.05, 0.1) is 0 Å². The molecule has 0 saturated carbocycles. The van der Waals surface area contributed by atoms with Crippen molar-refractivity contribution in [2.75, 3.05) is 51.8 Å². The van der Waals surface area contributed by atoms with Crippen molar-refractivity contribution in [3.8, 4) is 0 Å². The van der Waals surface area contributed by atoms with Crippen molar-refractivity contribution in [1.82, 2.24) is 24.9 Å². The molecule has 1 amide bonds. The van der Waals surface area contributed by atoms with Gasteiger partial charge in [-0.3, -0.25) is 9.48 Å². The Bertz CT molecular complexity index is 609. The summed E-state index contributed by atoms with van der Waals surface area (Å²) in [6.07, 6.45) is 6.28. The summed E-state index contributed by atoms with van der Waals surface area (Å²) in [4.78, 5) is 17.4. The maximum absolute atomic E-state index is 13.2. The third kappa shape index (κ3) is 4.43. The molecule has 2 aliphatic rings. The van der Waals surface area contributed by atoms with Gasteiger partial charge in [0.15, 0.2) is 5.69 Å². The number of amides is 1. The van der Waals surface area contributed by atoms with E-state index in [9.17, 15) is 4.79 Å². The van der Waals surface area contributed by atoms with Crippen LogP contribution >= 0.6 is 11.8 Å². The van der Waals surface area contributed by atoms with Gasteiger partial charge in [-0.1, -0.05) is 6.92 Å². The maximum Gasteiger partial charge on any atom is 0.274 e. The van der Waals surface area contributed by atoms with Crippen LogP contribution in [0.25, 0.3) is 0 Å². The van der Waals surface area contributed by atoms with E-state index in [0.717, 1.165) is 76.4 Å². The van der Waals surface area contributed by atoms with Gasteiger partial charge in [-0.2, -0.15) is 16.9 Å². The molecule has 0 radical (unpaired) electrons. The van der Waals surface area contributed by atoms with E-state index < -0.39 is 0 Å². The van der Waals surface area contributed by atoms with Crippen LogP contribution in [0.5, 0.6) is 0 Å². The summed E-state index contributed by atoms with van der Waals surface area (Å²) >= 11 is 1.87. The fourth-order valence-corrected chi connectivity index (χ4v) is 4.28. The molecule has 1 aliphatic carbocycles. The van der Waals surface area contributed by atoms with Gasteiger partial charge in [0.25, 0.3) is 5.91 Å². The molecule has 146 valence electrons. The standard InChI is InChI=1S/C19H33N5OS/c1-4-8-24-17-6-5-15(20-7-13-26-3)14-16(17)18(21-24)19(25)23-11-9-22(2)10-12-23/h15,20H,4-14H2,1-3H3. The van der Waals surface area contributed by atoms with Crippen molar-refractivity contribution in [3.63, 3.8) is 0 Å². The van der Waals surface area contributed by atoms with Gasteiger partial charge >= 0.3 is 0 Å². The van der Waals surface area contributed by atoms with Crippen LogP contribution in [0.15, 0.2) is 0 Å². The van der Waals surface area contributed by atoms with Crippen LogP contribution in [0.4, 0.5) is 0 Å². The quantitative estimate of drug-likeness (QED) is 0.728. The first-order chi connectivity index (χ1) is 12.6. The van der Waals surface area contributed by atoms with E-state index in [1.165, 1.54) is 11.3 Å². The van der Waals surface area contributed by atoms with E-state index in [1.54, 1.807) is 0 Å². The Morgan fingerprint density at radius 1 is 1.31 bits per heavy atom. The molecule has 2 heterocycles. The Hall–Kier alpha value is -1.05. The number of nitrogens with one attached hydrogen (secondary N) is 1. The van der Waals surface area contributed by atoms with Crippen molar-refractivity contribution >= 4 is 17.7 Å². The molecule has 1 atom stereocenters. The van der Waals surface area contributed by atoms with Crippen LogP contribution in [-0.4, -0.2) is 83.3 Å². The number of hydrogen-bond acceptors (Lipinski definition) is 5. The summed E-state index contributed by atoms with van der Waals surface area (Å²) in [5, 5.41) is 8.45. The van der Waals surface area contributed by atoms with Gasteiger partial charge < -0.3 is 15.1 Å². The van der Waals surface area contributed by atoms with Gasteiger partial charge in [-0.25, -0.2) is 0 Å². The van der Waals surface area contributed by atoms with Gasteiger partial charge in [-0.15, -0.1) is 0 Å². The fraction of sp³-hybridized carbons (Fsp3) is 0.789. The third-order valence-corrected chi connectivity index (χ3v) is 6.13. The van der Waals surface area contributed by atoms with Gasteiger partial charge in [0, 0.05) is 62.3 Å². The van der Waals surface area contributed by atoms with E-state index >= 15 is 0 Å². The molecule has 3 rings (SSSR count). The van der Waals surface area contributed by atoms with E-state index in [-0.39, 0.29) is 5.91 Å². The van der Waals surface area contributed by atoms with E-state index in [2.05, 4.69) is 35.1 Å². The predicted octanol–water partition coefficient (Wildman–Crippen LogP) is 1.49. The monoisotopic (exact) mass is 379 g/mol. The second-order valence-electron chi connectivity index (χ2n) is 7.48. The average molecular weight is 380 g/mol. The zero-order valence-corrected chi connectivity index (χ0v) is 17.3. The highest BCUT2D eigenvalue weighted by atomic mass is 32.2. The number of carbonyl (C=O) groups excluding carboxylic acids is 1. The van der Waals surface area contributed by atoms with Gasteiger partial charge in [0.2, 0.25) is 0 Å². The Labute approximate surface area is 161 Å². The van der Waals surface area contributed by atoms with E-state index in [0.29, 0.717) is 6.04 Å². The molecule has 1 fully saturated rings. The molecule has 7 heteroatoms. The van der Waals surface area contributed by atoms with Crippen molar-refractivity contribution in [1.29, 1.82) is 0 Å². The molecule has 0 bridgehead atoms. The Morgan fingerprint density at radius 2 is 2.08 bits per heavy atom. The van der Waals surface area contributed by atoms with Crippen molar-refractivity contribution in [2.45, 2.75) is 45.2 Å². The Balaban J connectivity index is 1.78. The molecule has 1 N–H and O–H groups in total. The topological polar surface area (TPSA) is 53.4 Å². The summed E-state index contributed by atoms with van der Waals surface area (Å²) in [7, 11) is 2.12. The van der Waals surface area contributed by atoms with E-state index in [1.807, 2.05) is 16.7 Å². The lowest BCUT2D eigenvalue weighted by Crippen LogP contribution is -2.47. The number of piperazine rings is 1. The van der Waals surface area contributed by atoms with Gasteiger partial charge in [-0.05, 0) is 39.0 Å². The number of nitrogens with zero attached hydrogens (tertiary/aromatic N) is 4. The molecule has 1 aliphatic heterocycles. The second kappa shape index (κ2) is 9.24. The van der Waals surface area contributed by atoms with Gasteiger partial charge in [0.1, 0.15) is 0 Å². The lowest BCUT2D eigenvalue weighted by Gasteiger charge is -2.32.